The summed E-state index contributed by atoms with van der Waals surface area (Å²) in [6.07, 6.45) is 10.2. The first-order valence-corrected chi connectivity index (χ1v) is 18.1. The number of aromatic carboxylic acids is 1. The fraction of sp³-hybridized carbons (Fsp3) is 0.395. The number of pyridine rings is 1. The molecule has 7 rings (SSSR count). The van der Waals surface area contributed by atoms with E-state index in [2.05, 4.69) is 17.2 Å². The molecule has 49 heavy (non-hydrogen) atoms. The predicted molar refractivity (Wildman–Crippen MR) is 193 cm³/mol. The minimum atomic E-state index is -1.09. The molecule has 0 spiro atoms. The summed E-state index contributed by atoms with van der Waals surface area (Å²) in [6, 6.07) is 17.3. The van der Waals surface area contributed by atoms with Crippen LogP contribution in [0, 0.1) is 6.92 Å². The average molecular weight is 679 g/mol. The van der Waals surface area contributed by atoms with E-state index in [1.165, 1.54) is 24.2 Å². The normalized spacial score (nSPS) is 15.9. The highest BCUT2D eigenvalue weighted by Gasteiger charge is 2.34. The highest BCUT2D eigenvalue weighted by molar-refractivity contribution is 7.22. The summed E-state index contributed by atoms with van der Waals surface area (Å²) in [5, 5.41) is 18.6. The molecule has 254 valence electrons. The number of ether oxygens (including phenoxy) is 1. The Hall–Kier alpha value is -4.61. The highest BCUT2D eigenvalue weighted by Crippen LogP contribution is 2.35. The van der Waals surface area contributed by atoms with Gasteiger partial charge < -0.3 is 14.7 Å². The molecule has 0 unspecified atom stereocenters. The van der Waals surface area contributed by atoms with Gasteiger partial charge in [0.25, 0.3) is 5.91 Å². The molecule has 0 atom stereocenters. The Kier molecular flexibility index (Phi) is 9.46. The summed E-state index contributed by atoms with van der Waals surface area (Å²) in [7, 11) is 0. The number of anilines is 2. The van der Waals surface area contributed by atoms with Crippen LogP contribution in [-0.2, 0) is 24.2 Å². The van der Waals surface area contributed by atoms with Crippen LogP contribution in [0.3, 0.4) is 0 Å². The third kappa shape index (κ3) is 6.82. The number of hydrogen-bond donors (Lipinski definition) is 2. The summed E-state index contributed by atoms with van der Waals surface area (Å²) >= 11 is 1.44. The van der Waals surface area contributed by atoms with Gasteiger partial charge in [-0.1, -0.05) is 68.2 Å². The van der Waals surface area contributed by atoms with Crippen LogP contribution in [0.25, 0.3) is 21.3 Å². The van der Waals surface area contributed by atoms with E-state index in [0.29, 0.717) is 48.1 Å². The van der Waals surface area contributed by atoms with Gasteiger partial charge in [0, 0.05) is 42.1 Å². The maximum atomic E-state index is 13.5. The first kappa shape index (κ1) is 32.9. The molecule has 0 bridgehead atoms. The molecule has 1 saturated carbocycles. The lowest BCUT2D eigenvalue weighted by Gasteiger charge is -2.33. The van der Waals surface area contributed by atoms with Gasteiger partial charge in [-0.15, -0.1) is 0 Å². The fourth-order valence-corrected chi connectivity index (χ4v) is 8.13. The molecule has 5 aromatic rings. The van der Waals surface area contributed by atoms with Crippen LogP contribution in [0.2, 0.25) is 0 Å². The van der Waals surface area contributed by atoms with Crippen molar-refractivity contribution in [2.24, 2.45) is 0 Å². The van der Waals surface area contributed by atoms with Gasteiger partial charge in [-0.05, 0) is 74.1 Å². The van der Waals surface area contributed by atoms with Crippen molar-refractivity contribution in [1.82, 2.24) is 19.7 Å². The number of carboxylic acid groups (broad SMARTS) is 1. The number of hydrogen-bond acceptors (Lipinski definition) is 8. The number of aromatic nitrogens is 4. The molecule has 1 fully saturated rings. The van der Waals surface area contributed by atoms with Crippen molar-refractivity contribution in [3.63, 3.8) is 0 Å². The smallest absolute Gasteiger partial charge is 0.355 e. The van der Waals surface area contributed by atoms with Crippen LogP contribution in [0.5, 0.6) is 0 Å². The molecule has 2 aliphatic rings. The van der Waals surface area contributed by atoms with Gasteiger partial charge in [0.15, 0.2) is 10.8 Å². The van der Waals surface area contributed by atoms with E-state index in [-0.39, 0.29) is 17.2 Å². The number of fused-ring (bicyclic) bond motifs is 2. The van der Waals surface area contributed by atoms with Gasteiger partial charge in [-0.25, -0.2) is 14.8 Å². The van der Waals surface area contributed by atoms with Crippen LogP contribution >= 0.6 is 11.3 Å². The Balaban J connectivity index is 1.13. The quantitative estimate of drug-likeness (QED) is 0.143. The lowest BCUT2D eigenvalue weighted by molar-refractivity contribution is -0.0700. The molecule has 11 heteroatoms. The number of carboxylic acids is 1. The Morgan fingerprint density at radius 1 is 1.00 bits per heavy atom. The number of thiazole rings is 1. The summed E-state index contributed by atoms with van der Waals surface area (Å²) < 4.78 is 9.50. The SMILES string of the molecule is CCCOC1(Cn2ncc(-c3ccc(N4CCc5cccc(C(=O)Nc6nc7ccccc7s6)c5C4)nc3C(=O)O)c2C)CCCCCC1. The van der Waals surface area contributed by atoms with Crippen LogP contribution in [0.1, 0.15) is 89.5 Å². The van der Waals surface area contributed by atoms with Gasteiger partial charge in [0.05, 0.1) is 28.6 Å². The van der Waals surface area contributed by atoms with E-state index in [1.807, 2.05) is 71.1 Å². The van der Waals surface area contributed by atoms with E-state index in [4.69, 9.17) is 14.8 Å². The standard InChI is InChI=1S/C38H42N6O4S/c1-3-21-48-38(18-8-4-5-9-19-38)24-44-25(2)29(22-39-44)27-15-16-33(41-34(27)36(46)47)43-20-17-26-11-10-12-28(30(26)23-43)35(45)42-37-40-31-13-6-7-14-32(31)49-37/h6-7,10-16,22H,3-5,8-9,17-21,23-24H2,1-2H3,(H,46,47)(H,40,42,45). The fourth-order valence-electron chi connectivity index (χ4n) is 7.27. The van der Waals surface area contributed by atoms with Crippen LogP contribution in [-0.4, -0.2) is 55.5 Å². The minimum absolute atomic E-state index is 0.0146. The van der Waals surface area contributed by atoms with Crippen LogP contribution in [0.4, 0.5) is 10.9 Å². The Morgan fingerprint density at radius 2 is 1.82 bits per heavy atom. The van der Waals surface area contributed by atoms with Gasteiger partial charge >= 0.3 is 5.97 Å². The third-order valence-electron chi connectivity index (χ3n) is 9.90. The van der Waals surface area contributed by atoms with Crippen molar-refractivity contribution in [3.8, 4) is 11.1 Å². The number of rotatable bonds is 10. The van der Waals surface area contributed by atoms with E-state index in [0.717, 1.165) is 71.3 Å². The summed E-state index contributed by atoms with van der Waals surface area (Å²) in [5.41, 5.74) is 5.36. The number of para-hydroxylation sites is 1. The van der Waals surface area contributed by atoms with Crippen molar-refractivity contribution in [2.45, 2.75) is 83.9 Å². The first-order valence-electron chi connectivity index (χ1n) is 17.3. The van der Waals surface area contributed by atoms with Crippen molar-refractivity contribution in [1.29, 1.82) is 0 Å². The molecule has 2 N–H and O–H groups in total. The summed E-state index contributed by atoms with van der Waals surface area (Å²) in [6.45, 7) is 6.58. The number of nitrogens with zero attached hydrogens (tertiary/aromatic N) is 5. The Labute approximate surface area is 290 Å². The zero-order valence-electron chi connectivity index (χ0n) is 28.1. The van der Waals surface area contributed by atoms with Gasteiger partial charge in [-0.3, -0.25) is 14.8 Å². The Morgan fingerprint density at radius 3 is 2.59 bits per heavy atom. The van der Waals surface area contributed by atoms with Crippen molar-refractivity contribution in [2.75, 3.05) is 23.4 Å². The molecule has 0 radical (unpaired) electrons. The zero-order valence-corrected chi connectivity index (χ0v) is 28.9. The maximum Gasteiger partial charge on any atom is 0.355 e. The second kappa shape index (κ2) is 14.1. The monoisotopic (exact) mass is 678 g/mol. The van der Waals surface area contributed by atoms with Crippen molar-refractivity contribution < 1.29 is 19.4 Å². The highest BCUT2D eigenvalue weighted by atomic mass is 32.1. The molecule has 0 saturated heterocycles. The molecule has 3 aromatic heterocycles. The molecule has 1 amide bonds. The maximum absolute atomic E-state index is 13.5. The van der Waals surface area contributed by atoms with Crippen molar-refractivity contribution in [3.05, 3.63) is 88.9 Å². The van der Waals surface area contributed by atoms with Crippen LogP contribution < -0.4 is 10.2 Å². The zero-order chi connectivity index (χ0) is 34.0. The molecule has 10 nitrogen and oxygen atoms in total. The van der Waals surface area contributed by atoms with E-state index in [9.17, 15) is 14.7 Å². The predicted octanol–water partition coefficient (Wildman–Crippen LogP) is 7.90. The lowest BCUT2D eigenvalue weighted by atomic mass is 9.93. The second-order valence-corrected chi connectivity index (χ2v) is 14.2. The van der Waals surface area contributed by atoms with E-state index < -0.39 is 5.97 Å². The molecule has 1 aliphatic heterocycles. The summed E-state index contributed by atoms with van der Waals surface area (Å²) in [4.78, 5) is 37.5. The van der Waals surface area contributed by atoms with E-state index >= 15 is 0 Å². The van der Waals surface area contributed by atoms with Gasteiger partial charge in [0.1, 0.15) is 5.82 Å². The average Bonchev–Trinajstić information content (AvgIpc) is 3.60. The number of benzene rings is 2. The van der Waals surface area contributed by atoms with Crippen LogP contribution in [0.15, 0.2) is 60.8 Å². The number of amides is 1. The van der Waals surface area contributed by atoms with Gasteiger partial charge in [0.2, 0.25) is 0 Å². The first-order chi connectivity index (χ1) is 23.8. The van der Waals surface area contributed by atoms with Crippen molar-refractivity contribution >= 4 is 44.4 Å². The number of carbonyl (C=O) groups excluding carboxylic acids is 1. The molecule has 2 aromatic carbocycles. The van der Waals surface area contributed by atoms with E-state index in [1.54, 1.807) is 6.20 Å². The third-order valence-corrected chi connectivity index (χ3v) is 10.8. The topological polar surface area (TPSA) is 122 Å². The second-order valence-electron chi connectivity index (χ2n) is 13.2. The number of carbonyl (C=O) groups is 2. The largest absolute Gasteiger partial charge is 0.476 e. The van der Waals surface area contributed by atoms with Gasteiger partial charge in [-0.2, -0.15) is 5.10 Å². The molecular weight excluding hydrogens is 637 g/mol. The molecular formula is C38H42N6O4S. The molecule has 1 aliphatic carbocycles. The lowest BCUT2D eigenvalue weighted by Crippen LogP contribution is -2.38. The Bertz CT molecular complexity index is 1960. The minimum Gasteiger partial charge on any atom is -0.476 e. The summed E-state index contributed by atoms with van der Waals surface area (Å²) in [5.74, 6) is -0.752. The molecule has 4 heterocycles. The number of nitrogens with one attached hydrogen (secondary N) is 1.